The number of thioether (sulfide) groups is 2. The van der Waals surface area contributed by atoms with Crippen molar-refractivity contribution in [3.63, 3.8) is 0 Å². The van der Waals surface area contributed by atoms with Gasteiger partial charge in [-0.05, 0) is 62.8 Å². The van der Waals surface area contributed by atoms with Crippen LogP contribution in [0.2, 0.25) is 0 Å². The Balaban J connectivity index is 0.892. The molecule has 0 aromatic heterocycles. The minimum Gasteiger partial charge on any atom is -0.451 e. The first kappa shape index (κ1) is 43.0. The highest BCUT2D eigenvalue weighted by Gasteiger charge is 2.48. The minimum absolute atomic E-state index is 0.103. The molecule has 4 N–H and O–H groups in total. The molecule has 306 valence electrons. The van der Waals surface area contributed by atoms with E-state index in [4.69, 9.17) is 9.47 Å². The summed E-state index contributed by atoms with van der Waals surface area (Å²) >= 11 is 3.21. The lowest BCUT2D eigenvalue weighted by molar-refractivity contribution is -0.151. The Labute approximate surface area is 350 Å². The molecule has 0 saturated carbocycles. The molecule has 6 rings (SSSR count). The van der Waals surface area contributed by atoms with Crippen LogP contribution in [0.1, 0.15) is 87.8 Å². The largest absolute Gasteiger partial charge is 0.451 e. The van der Waals surface area contributed by atoms with Gasteiger partial charge in [-0.15, -0.1) is 23.5 Å². The van der Waals surface area contributed by atoms with Crippen molar-refractivity contribution < 1.29 is 28.7 Å². The van der Waals surface area contributed by atoms with Gasteiger partial charge in [-0.1, -0.05) is 121 Å². The molecule has 58 heavy (non-hydrogen) atoms. The summed E-state index contributed by atoms with van der Waals surface area (Å²) in [4.78, 5) is 52.7. The average Bonchev–Trinajstić information content (AvgIpc) is 3.73. The molecule has 12 heteroatoms. The van der Waals surface area contributed by atoms with Crippen molar-refractivity contribution in [2.45, 2.75) is 97.9 Å². The molecule has 2 heterocycles. The number of unbranched alkanes of at least 4 members (excludes halogenated alkanes) is 1. The Hall–Kier alpha value is -4.62. The van der Waals surface area contributed by atoms with E-state index in [2.05, 4.69) is 21.3 Å². The second kappa shape index (κ2) is 19.9. The fraction of sp³-hybridized carbons (Fsp3) is 0.391. The average molecular weight is 823 g/mol. The summed E-state index contributed by atoms with van der Waals surface area (Å²) in [7, 11) is 0. The molecule has 2 aliphatic rings. The van der Waals surface area contributed by atoms with Gasteiger partial charge in [0.05, 0.1) is 10.7 Å². The predicted molar refractivity (Wildman–Crippen MR) is 231 cm³/mol. The standard InChI is InChI=1S/C46H54N4O6S2/c1-45(2)41(43(53)55-39(31-19-9-5-10-20-31)32-21-11-6-12-22-32)49-37(57-45)29-47-35(51)27-17-18-28-36(52)48-30-38-50-42(46(3,4)58-38)44(54)56-40(33-23-13-7-14-24-33)34-25-15-8-16-26-34/h5-16,19-26,37-42,49-50H,17-18,27-30H2,1-4H3,(H,47,51)(H,48,52)/t37-,38-,41-,42-/m0/s1. The van der Waals surface area contributed by atoms with Crippen LogP contribution < -0.4 is 21.3 Å². The van der Waals surface area contributed by atoms with Crippen molar-refractivity contribution in [1.29, 1.82) is 0 Å². The van der Waals surface area contributed by atoms with E-state index in [1.54, 1.807) is 23.5 Å². The fourth-order valence-electron chi connectivity index (χ4n) is 7.31. The van der Waals surface area contributed by atoms with Gasteiger partial charge in [0.1, 0.15) is 12.1 Å². The van der Waals surface area contributed by atoms with E-state index < -0.39 is 33.8 Å². The van der Waals surface area contributed by atoms with Gasteiger partial charge in [-0.3, -0.25) is 29.8 Å². The molecule has 0 spiro atoms. The second-order valence-electron chi connectivity index (χ2n) is 15.7. The maximum absolute atomic E-state index is 13.6. The number of benzene rings is 4. The van der Waals surface area contributed by atoms with Crippen molar-refractivity contribution in [3.05, 3.63) is 144 Å². The number of hydrogen-bond donors (Lipinski definition) is 4. The number of nitrogens with one attached hydrogen (secondary N) is 4. The van der Waals surface area contributed by atoms with Crippen LogP contribution in [0.4, 0.5) is 0 Å². The van der Waals surface area contributed by atoms with Gasteiger partial charge in [-0.2, -0.15) is 0 Å². The maximum atomic E-state index is 13.6. The van der Waals surface area contributed by atoms with Gasteiger partial charge >= 0.3 is 11.9 Å². The predicted octanol–water partition coefficient (Wildman–Crippen LogP) is 7.06. The van der Waals surface area contributed by atoms with Crippen molar-refractivity contribution in [3.8, 4) is 0 Å². The normalized spacial score (nSPS) is 20.7. The number of esters is 2. The molecule has 0 aliphatic carbocycles. The van der Waals surface area contributed by atoms with Gasteiger partial charge < -0.3 is 20.1 Å². The summed E-state index contributed by atoms with van der Waals surface area (Å²) in [6, 6.07) is 37.7. The third kappa shape index (κ3) is 11.5. The van der Waals surface area contributed by atoms with E-state index in [9.17, 15) is 19.2 Å². The molecule has 4 aromatic carbocycles. The Bertz CT molecular complexity index is 1750. The second-order valence-corrected chi connectivity index (χ2v) is 19.4. The highest BCUT2D eigenvalue weighted by atomic mass is 32.2. The number of ether oxygens (including phenoxy) is 2. The minimum atomic E-state index is -0.567. The number of amides is 2. The number of rotatable bonds is 17. The van der Waals surface area contributed by atoms with Crippen molar-refractivity contribution in [1.82, 2.24) is 21.3 Å². The smallest absolute Gasteiger partial charge is 0.325 e. The quantitative estimate of drug-likeness (QED) is 0.0648. The molecule has 4 atom stereocenters. The highest BCUT2D eigenvalue weighted by Crippen LogP contribution is 2.40. The van der Waals surface area contributed by atoms with Gasteiger partial charge in [-0.25, -0.2) is 0 Å². The van der Waals surface area contributed by atoms with Gasteiger partial charge in [0.25, 0.3) is 0 Å². The topological polar surface area (TPSA) is 135 Å². The van der Waals surface area contributed by atoms with Crippen LogP contribution in [-0.2, 0) is 28.7 Å². The molecule has 2 saturated heterocycles. The third-order valence-electron chi connectivity index (χ3n) is 10.4. The highest BCUT2D eigenvalue weighted by molar-refractivity contribution is 8.01. The molecule has 0 radical (unpaired) electrons. The van der Waals surface area contributed by atoms with E-state index in [1.807, 2.05) is 149 Å². The molecular formula is C46H54N4O6S2. The summed E-state index contributed by atoms with van der Waals surface area (Å²) in [5.41, 5.74) is 3.58. The Kier molecular flexibility index (Phi) is 14.7. The summed E-state index contributed by atoms with van der Waals surface area (Å²) in [5, 5.41) is 12.4. The molecule has 0 bridgehead atoms. The monoisotopic (exact) mass is 822 g/mol. The zero-order valence-corrected chi connectivity index (χ0v) is 35.2. The first-order chi connectivity index (χ1) is 27.9. The van der Waals surface area contributed by atoms with Crippen LogP contribution in [0.25, 0.3) is 0 Å². The molecule has 2 amide bonds. The van der Waals surface area contributed by atoms with Crippen LogP contribution in [0.15, 0.2) is 121 Å². The van der Waals surface area contributed by atoms with Crippen LogP contribution in [0.3, 0.4) is 0 Å². The molecule has 2 aliphatic heterocycles. The zero-order chi connectivity index (χ0) is 41.1. The lowest BCUT2D eigenvalue weighted by Crippen LogP contribution is -2.47. The number of carbonyl (C=O) groups excluding carboxylic acids is 4. The maximum Gasteiger partial charge on any atom is 0.325 e. The molecule has 0 unspecified atom stereocenters. The fourth-order valence-corrected chi connectivity index (χ4v) is 10.1. The number of carbonyl (C=O) groups is 4. The lowest BCUT2D eigenvalue weighted by Gasteiger charge is -2.26. The lowest BCUT2D eigenvalue weighted by atomic mass is 10.00. The molecule has 2 fully saturated rings. The van der Waals surface area contributed by atoms with Gasteiger partial charge in [0.15, 0.2) is 12.2 Å². The van der Waals surface area contributed by atoms with E-state index in [0.29, 0.717) is 38.8 Å². The van der Waals surface area contributed by atoms with Crippen LogP contribution in [0.5, 0.6) is 0 Å². The number of hydrogen-bond acceptors (Lipinski definition) is 10. The third-order valence-corrected chi connectivity index (χ3v) is 13.2. The molecule has 10 nitrogen and oxygen atoms in total. The van der Waals surface area contributed by atoms with E-state index in [0.717, 1.165) is 22.3 Å². The Morgan fingerprint density at radius 1 is 0.534 bits per heavy atom. The van der Waals surface area contributed by atoms with E-state index >= 15 is 0 Å². The molecule has 4 aromatic rings. The summed E-state index contributed by atoms with van der Waals surface area (Å²) in [5.74, 6) is -0.889. The van der Waals surface area contributed by atoms with Crippen LogP contribution in [-0.4, -0.2) is 69.2 Å². The summed E-state index contributed by atoms with van der Waals surface area (Å²) in [6.45, 7) is 8.74. The summed E-state index contributed by atoms with van der Waals surface area (Å²) < 4.78 is 11.4. The van der Waals surface area contributed by atoms with Crippen LogP contribution >= 0.6 is 23.5 Å². The van der Waals surface area contributed by atoms with Crippen molar-refractivity contribution >= 4 is 47.3 Å². The van der Waals surface area contributed by atoms with E-state index in [1.165, 1.54) is 0 Å². The Morgan fingerprint density at radius 3 is 1.12 bits per heavy atom. The first-order valence-electron chi connectivity index (χ1n) is 19.9. The molecular weight excluding hydrogens is 769 g/mol. The summed E-state index contributed by atoms with van der Waals surface area (Å²) in [6.07, 6.45) is 0.636. The first-order valence-corrected chi connectivity index (χ1v) is 21.7. The Morgan fingerprint density at radius 2 is 0.828 bits per heavy atom. The van der Waals surface area contributed by atoms with Crippen molar-refractivity contribution in [2.24, 2.45) is 0 Å². The van der Waals surface area contributed by atoms with Crippen LogP contribution in [0, 0.1) is 0 Å². The van der Waals surface area contributed by atoms with E-state index in [-0.39, 0.29) is 34.5 Å². The SMILES string of the molecule is CC1(C)S[C@@H](CNC(=O)CCCCC(=O)NC[C@H]2N[C@@H](C(=O)OC(c3ccccc3)c3ccccc3)C(C)(C)S2)N[C@H]1C(=O)OC(c1ccccc1)c1ccccc1. The van der Waals surface area contributed by atoms with Gasteiger partial charge in [0, 0.05) is 35.4 Å². The van der Waals surface area contributed by atoms with Crippen molar-refractivity contribution in [2.75, 3.05) is 13.1 Å². The van der Waals surface area contributed by atoms with Gasteiger partial charge in [0.2, 0.25) is 11.8 Å². The zero-order valence-electron chi connectivity index (χ0n) is 33.5.